The summed E-state index contributed by atoms with van der Waals surface area (Å²) < 4.78 is 30.3. The SMILES string of the molecule is [2H][Si]([2H])(F)C([Si](C)(C)C)([Si](C)(C)C)[Si](C)(C)C. The molecule has 0 unspecified atom stereocenters. The minimum atomic E-state index is -4.16. The van der Waals surface area contributed by atoms with Crippen molar-refractivity contribution in [3.8, 4) is 0 Å². The number of rotatable bonds is 4. The van der Waals surface area contributed by atoms with Crippen LogP contribution in [0.1, 0.15) is 0 Å². The average Bonchev–Trinajstić information content (AvgIpc) is 1.67. The van der Waals surface area contributed by atoms with Gasteiger partial charge in [-0.05, 0) is 3.91 Å². The lowest BCUT2D eigenvalue weighted by Crippen LogP contribution is -2.67. The Balaban J connectivity index is 6.37. The van der Waals surface area contributed by atoms with Crippen LogP contribution in [0.3, 0.4) is 0 Å². The molecule has 0 radical (unpaired) electrons. The summed E-state index contributed by atoms with van der Waals surface area (Å²) >= 11 is 0. The van der Waals surface area contributed by atoms with Crippen LogP contribution in [0.5, 0.6) is 0 Å². The fraction of sp³-hybridized carbons (Fsp3) is 1.00. The van der Waals surface area contributed by atoms with Gasteiger partial charge in [0.05, 0.1) is 0 Å². The second kappa shape index (κ2) is 4.23. The summed E-state index contributed by atoms with van der Waals surface area (Å²) in [6.07, 6.45) is 0. The highest BCUT2D eigenvalue weighted by molar-refractivity contribution is 7.22. The van der Waals surface area contributed by atoms with Gasteiger partial charge in [-0.25, -0.2) is 0 Å². The Bertz CT molecular complexity index is 219. The summed E-state index contributed by atoms with van der Waals surface area (Å²) in [5.41, 5.74) is 0. The molecule has 0 aromatic carbocycles. The summed E-state index contributed by atoms with van der Waals surface area (Å²) in [5, 5.41) is 0. The fourth-order valence-corrected chi connectivity index (χ4v) is 34.2. The third-order valence-corrected chi connectivity index (χ3v) is 31.7. The molecular formula is C10H29FSi4. The summed E-state index contributed by atoms with van der Waals surface area (Å²) in [6, 6.07) is 0. The Labute approximate surface area is 104 Å². The Kier molecular flexibility index (Phi) is 3.46. The molecule has 0 nitrogen and oxygen atoms in total. The molecule has 0 heterocycles. The van der Waals surface area contributed by atoms with Crippen molar-refractivity contribution in [3.05, 3.63) is 0 Å². The van der Waals surface area contributed by atoms with Gasteiger partial charge in [-0.1, -0.05) is 58.9 Å². The van der Waals surface area contributed by atoms with Crippen LogP contribution >= 0.6 is 0 Å². The fourth-order valence-electron chi connectivity index (χ4n) is 3.80. The molecule has 0 aromatic rings. The molecule has 5 heteroatoms. The van der Waals surface area contributed by atoms with Crippen LogP contribution in [0, 0.1) is 0 Å². The van der Waals surface area contributed by atoms with Crippen molar-refractivity contribution in [2.75, 3.05) is 0 Å². The van der Waals surface area contributed by atoms with E-state index in [0.29, 0.717) is 0 Å². The van der Waals surface area contributed by atoms with Crippen LogP contribution in [0.15, 0.2) is 0 Å². The molecule has 0 aromatic heterocycles. The van der Waals surface area contributed by atoms with E-state index in [1.807, 2.05) is 0 Å². The van der Waals surface area contributed by atoms with Crippen LogP contribution in [-0.2, 0) is 0 Å². The highest BCUT2D eigenvalue weighted by Crippen LogP contribution is 2.52. The summed E-state index contributed by atoms with van der Waals surface area (Å²) in [5.74, 6) is 0. The predicted octanol–water partition coefficient (Wildman–Crippen LogP) is 3.83. The zero-order valence-corrected chi connectivity index (χ0v) is 15.9. The molecule has 0 saturated heterocycles. The number of hydrogen-bond donors (Lipinski definition) is 0. The first-order chi connectivity index (χ1) is 7.00. The maximum atomic E-state index is 14.8. The lowest BCUT2D eigenvalue weighted by molar-refractivity contribution is 0.848. The summed E-state index contributed by atoms with van der Waals surface area (Å²) in [7, 11) is -9.88. The Morgan fingerprint density at radius 1 is 0.800 bits per heavy atom. The lowest BCUT2D eigenvalue weighted by Gasteiger charge is -2.57. The molecule has 0 rings (SSSR count). The van der Waals surface area contributed by atoms with E-state index in [-0.39, 0.29) is 0 Å². The zero-order chi connectivity index (χ0) is 14.5. The van der Waals surface area contributed by atoms with E-state index >= 15 is 0 Å². The molecule has 92 valence electrons. The smallest absolute Gasteiger partial charge is 0.215 e. The van der Waals surface area contributed by atoms with Gasteiger partial charge in [-0.3, -0.25) is 0 Å². The lowest BCUT2D eigenvalue weighted by atomic mass is 11.6. The number of halogens is 1. The topological polar surface area (TPSA) is 0 Å². The molecule has 0 amide bonds. The van der Waals surface area contributed by atoms with Crippen LogP contribution in [0.2, 0.25) is 62.8 Å². The van der Waals surface area contributed by atoms with E-state index in [2.05, 4.69) is 58.9 Å². The molecule has 0 N–H and O–H groups in total. The molecule has 15 heavy (non-hydrogen) atoms. The second-order valence-electron chi connectivity index (χ2n) is 7.59. The molecule has 0 atom stereocenters. The van der Waals surface area contributed by atoms with Crippen molar-refractivity contribution in [1.82, 2.24) is 0 Å². The van der Waals surface area contributed by atoms with Crippen LogP contribution < -0.4 is 0 Å². The van der Waals surface area contributed by atoms with Crippen molar-refractivity contribution in [3.63, 3.8) is 0 Å². The molecule has 0 fully saturated rings. The van der Waals surface area contributed by atoms with Gasteiger partial charge in [-0.15, -0.1) is 0 Å². The van der Waals surface area contributed by atoms with Crippen LogP contribution in [0.4, 0.5) is 4.11 Å². The van der Waals surface area contributed by atoms with Crippen molar-refractivity contribution in [1.29, 1.82) is 2.47 Å². The Hall–Kier alpha value is 0.798. The van der Waals surface area contributed by atoms with E-state index < -0.39 is 37.8 Å². The zero-order valence-electron chi connectivity index (χ0n) is 13.9. The predicted molar refractivity (Wildman–Crippen MR) is 82.4 cm³/mol. The molecular weight excluding hydrogens is 251 g/mol. The first-order valence-corrected chi connectivity index (χ1v) is 17.1. The van der Waals surface area contributed by atoms with Gasteiger partial charge in [-0.2, -0.15) is 0 Å². The Morgan fingerprint density at radius 2 is 1.00 bits per heavy atom. The van der Waals surface area contributed by atoms with E-state index in [1.165, 1.54) is 0 Å². The van der Waals surface area contributed by atoms with Crippen molar-refractivity contribution >= 4 is 33.9 Å². The largest absolute Gasteiger partial charge is 0.323 e. The van der Waals surface area contributed by atoms with Crippen molar-refractivity contribution in [2.45, 2.75) is 62.8 Å². The average molecular weight is 283 g/mol. The number of hydrogen-bond acceptors (Lipinski definition) is 0. The maximum Gasteiger partial charge on any atom is 0.215 e. The minimum absolute atomic E-state index is 0.528. The van der Waals surface area contributed by atoms with Gasteiger partial charge in [0.15, 0.2) is 0 Å². The van der Waals surface area contributed by atoms with Gasteiger partial charge in [0.2, 0.25) is 9.72 Å². The third-order valence-electron chi connectivity index (χ3n) is 3.52. The molecule has 0 aliphatic heterocycles. The first-order valence-electron chi connectivity index (χ1n) is 6.69. The van der Waals surface area contributed by atoms with E-state index in [4.69, 9.17) is 2.47 Å². The van der Waals surface area contributed by atoms with E-state index in [1.54, 1.807) is 0 Å². The highest BCUT2D eigenvalue weighted by Gasteiger charge is 2.60. The monoisotopic (exact) mass is 282 g/mol. The third kappa shape index (κ3) is 2.56. The Morgan fingerprint density at radius 3 is 1.00 bits per heavy atom. The normalized spacial score (nSPS) is 18.5. The van der Waals surface area contributed by atoms with Crippen molar-refractivity contribution in [2.24, 2.45) is 0 Å². The molecule has 0 bridgehead atoms. The van der Waals surface area contributed by atoms with E-state index in [9.17, 15) is 4.11 Å². The van der Waals surface area contributed by atoms with Gasteiger partial charge in [0, 0.05) is 26.7 Å². The molecule has 0 spiro atoms. The highest BCUT2D eigenvalue weighted by atomic mass is 28.5. The first kappa shape index (κ1) is 12.3. The standard InChI is InChI=1S/C10H29FSi4/c1-13(2,3)10(12-11,14(4,5)6)15(7,8)9/h12H2,1-9H3/i12D2. The minimum Gasteiger partial charge on any atom is -0.323 e. The molecule has 0 aliphatic rings. The van der Waals surface area contributed by atoms with Crippen LogP contribution in [0.25, 0.3) is 0 Å². The van der Waals surface area contributed by atoms with E-state index in [0.717, 1.165) is 0 Å². The second-order valence-corrected chi connectivity index (χ2v) is 27.3. The molecule has 0 aliphatic carbocycles. The van der Waals surface area contributed by atoms with Crippen molar-refractivity contribution < 1.29 is 4.11 Å². The summed E-state index contributed by atoms with van der Waals surface area (Å²) in [4.78, 5) is 0. The summed E-state index contributed by atoms with van der Waals surface area (Å²) in [6.45, 7) is 19.6. The molecule has 0 saturated carbocycles. The van der Waals surface area contributed by atoms with Gasteiger partial charge < -0.3 is 4.11 Å². The maximum absolute atomic E-state index is 14.8. The van der Waals surface area contributed by atoms with Crippen LogP contribution in [-0.4, -0.2) is 36.4 Å². The quantitative estimate of drug-likeness (QED) is 0.543. The van der Waals surface area contributed by atoms with Gasteiger partial charge in [0.1, 0.15) is 0 Å². The van der Waals surface area contributed by atoms with Gasteiger partial charge >= 0.3 is 0 Å². The van der Waals surface area contributed by atoms with Gasteiger partial charge in [0.25, 0.3) is 0 Å².